The molecule has 2 atom stereocenters. The molecule has 1 fully saturated rings. The number of carbonyl (C=O) groups excluding carboxylic acids is 1. The quantitative estimate of drug-likeness (QED) is 0.767. The van der Waals surface area contributed by atoms with Gasteiger partial charge in [-0.3, -0.25) is 4.79 Å². The van der Waals surface area contributed by atoms with E-state index in [1.807, 2.05) is 27.7 Å². The van der Waals surface area contributed by atoms with Gasteiger partial charge in [-0.1, -0.05) is 13.8 Å². The Kier molecular flexibility index (Phi) is 4.95. The summed E-state index contributed by atoms with van der Waals surface area (Å²) >= 11 is 0. The van der Waals surface area contributed by atoms with E-state index in [1.165, 1.54) is 0 Å². The molecular weight excluding hydrogens is 218 g/mol. The van der Waals surface area contributed by atoms with Gasteiger partial charge in [-0.2, -0.15) is 0 Å². The SMILES string of the molecule is CCC(N)(CC)C(=O)OC1CC(C)OC(C)C1. The van der Waals surface area contributed by atoms with E-state index in [4.69, 9.17) is 15.2 Å². The second kappa shape index (κ2) is 5.83. The minimum Gasteiger partial charge on any atom is -0.461 e. The summed E-state index contributed by atoms with van der Waals surface area (Å²) < 4.78 is 11.1. The monoisotopic (exact) mass is 243 g/mol. The van der Waals surface area contributed by atoms with E-state index >= 15 is 0 Å². The van der Waals surface area contributed by atoms with Crippen molar-refractivity contribution in [2.75, 3.05) is 0 Å². The lowest BCUT2D eigenvalue weighted by Crippen LogP contribution is -2.50. The van der Waals surface area contributed by atoms with Crippen molar-refractivity contribution in [3.8, 4) is 0 Å². The predicted molar refractivity (Wildman–Crippen MR) is 66.6 cm³/mol. The number of esters is 1. The Morgan fingerprint density at radius 2 is 1.76 bits per heavy atom. The third kappa shape index (κ3) is 3.68. The lowest BCUT2D eigenvalue weighted by molar-refractivity contribution is -0.166. The second-order valence-corrected chi connectivity index (χ2v) is 5.12. The van der Waals surface area contributed by atoms with Crippen LogP contribution in [0.4, 0.5) is 0 Å². The number of rotatable bonds is 4. The molecule has 0 aromatic rings. The lowest BCUT2D eigenvalue weighted by atomic mass is 9.94. The maximum atomic E-state index is 12.0. The van der Waals surface area contributed by atoms with Gasteiger partial charge in [-0.05, 0) is 26.7 Å². The van der Waals surface area contributed by atoms with Crippen molar-refractivity contribution >= 4 is 5.97 Å². The average molecular weight is 243 g/mol. The molecule has 0 radical (unpaired) electrons. The molecule has 0 bridgehead atoms. The highest BCUT2D eigenvalue weighted by molar-refractivity contribution is 5.80. The summed E-state index contributed by atoms with van der Waals surface area (Å²) in [6, 6.07) is 0. The van der Waals surface area contributed by atoms with E-state index in [0.29, 0.717) is 12.8 Å². The van der Waals surface area contributed by atoms with E-state index in [-0.39, 0.29) is 24.3 Å². The average Bonchev–Trinajstić information content (AvgIpc) is 2.26. The summed E-state index contributed by atoms with van der Waals surface area (Å²) in [5.74, 6) is -0.270. The Morgan fingerprint density at radius 1 is 1.29 bits per heavy atom. The number of carbonyl (C=O) groups is 1. The number of nitrogens with two attached hydrogens (primary N) is 1. The zero-order valence-electron chi connectivity index (χ0n) is 11.4. The number of hydrogen-bond acceptors (Lipinski definition) is 4. The van der Waals surface area contributed by atoms with Crippen molar-refractivity contribution in [3.05, 3.63) is 0 Å². The van der Waals surface area contributed by atoms with Gasteiger partial charge in [0.05, 0.1) is 12.2 Å². The third-order valence-corrected chi connectivity index (χ3v) is 3.60. The first-order chi connectivity index (χ1) is 7.91. The molecule has 0 aliphatic carbocycles. The highest BCUT2D eigenvalue weighted by atomic mass is 16.6. The minimum absolute atomic E-state index is 0.0534. The maximum Gasteiger partial charge on any atom is 0.326 e. The van der Waals surface area contributed by atoms with Crippen LogP contribution in [-0.4, -0.2) is 29.8 Å². The van der Waals surface area contributed by atoms with Crippen LogP contribution in [0, 0.1) is 0 Å². The summed E-state index contributed by atoms with van der Waals surface area (Å²) in [4.78, 5) is 12.0. The van der Waals surface area contributed by atoms with Gasteiger partial charge in [0.2, 0.25) is 0 Å². The van der Waals surface area contributed by atoms with Crippen molar-refractivity contribution in [3.63, 3.8) is 0 Å². The molecule has 1 aliphatic heterocycles. The number of ether oxygens (including phenoxy) is 2. The molecule has 100 valence electrons. The van der Waals surface area contributed by atoms with Crippen LogP contribution in [0.25, 0.3) is 0 Å². The molecule has 1 saturated heterocycles. The molecule has 4 heteroatoms. The van der Waals surface area contributed by atoms with Crippen LogP contribution in [0.15, 0.2) is 0 Å². The molecule has 1 rings (SSSR count). The van der Waals surface area contributed by atoms with Gasteiger partial charge >= 0.3 is 5.97 Å². The van der Waals surface area contributed by atoms with Crippen LogP contribution in [0.1, 0.15) is 53.4 Å². The largest absolute Gasteiger partial charge is 0.461 e. The van der Waals surface area contributed by atoms with Crippen molar-refractivity contribution in [2.24, 2.45) is 5.73 Å². The van der Waals surface area contributed by atoms with E-state index in [0.717, 1.165) is 12.8 Å². The zero-order chi connectivity index (χ0) is 13.1. The van der Waals surface area contributed by atoms with Crippen LogP contribution >= 0.6 is 0 Å². The maximum absolute atomic E-state index is 12.0. The molecule has 2 N–H and O–H groups in total. The van der Waals surface area contributed by atoms with Gasteiger partial charge in [0.1, 0.15) is 11.6 Å². The van der Waals surface area contributed by atoms with Gasteiger partial charge in [0.25, 0.3) is 0 Å². The van der Waals surface area contributed by atoms with Crippen molar-refractivity contribution in [2.45, 2.75) is 77.2 Å². The van der Waals surface area contributed by atoms with E-state index in [2.05, 4.69) is 0 Å². The first-order valence-corrected chi connectivity index (χ1v) is 6.56. The molecule has 4 nitrogen and oxygen atoms in total. The van der Waals surface area contributed by atoms with Crippen molar-refractivity contribution in [1.29, 1.82) is 0 Å². The van der Waals surface area contributed by atoms with E-state index in [1.54, 1.807) is 0 Å². The van der Waals surface area contributed by atoms with Crippen LogP contribution in [0.3, 0.4) is 0 Å². The van der Waals surface area contributed by atoms with Crippen LogP contribution in [0.2, 0.25) is 0 Å². The predicted octanol–water partition coefficient (Wildman–Crippen LogP) is 2.00. The van der Waals surface area contributed by atoms with Crippen LogP contribution in [0.5, 0.6) is 0 Å². The summed E-state index contributed by atoms with van der Waals surface area (Å²) in [7, 11) is 0. The zero-order valence-corrected chi connectivity index (χ0v) is 11.4. The van der Waals surface area contributed by atoms with Gasteiger partial charge < -0.3 is 15.2 Å². The molecule has 17 heavy (non-hydrogen) atoms. The Bertz CT molecular complexity index is 253. The molecule has 0 amide bonds. The fourth-order valence-electron chi connectivity index (χ4n) is 2.25. The lowest BCUT2D eigenvalue weighted by Gasteiger charge is -2.34. The van der Waals surface area contributed by atoms with Crippen molar-refractivity contribution in [1.82, 2.24) is 0 Å². The first-order valence-electron chi connectivity index (χ1n) is 6.56. The fraction of sp³-hybridized carbons (Fsp3) is 0.923. The molecular formula is C13H25NO3. The smallest absolute Gasteiger partial charge is 0.326 e. The Balaban J connectivity index is 2.56. The van der Waals surface area contributed by atoms with Gasteiger partial charge in [0, 0.05) is 12.8 Å². The number of hydrogen-bond donors (Lipinski definition) is 1. The molecule has 0 saturated carbocycles. The van der Waals surface area contributed by atoms with Gasteiger partial charge in [0.15, 0.2) is 0 Å². The summed E-state index contributed by atoms with van der Waals surface area (Å²) in [6.07, 6.45) is 2.98. The van der Waals surface area contributed by atoms with E-state index < -0.39 is 5.54 Å². The summed E-state index contributed by atoms with van der Waals surface area (Å²) in [5.41, 5.74) is 5.19. The molecule has 2 unspecified atom stereocenters. The van der Waals surface area contributed by atoms with E-state index in [9.17, 15) is 4.79 Å². The van der Waals surface area contributed by atoms with Gasteiger partial charge in [-0.15, -0.1) is 0 Å². The molecule has 0 aromatic carbocycles. The first kappa shape index (κ1) is 14.5. The highest BCUT2D eigenvalue weighted by Crippen LogP contribution is 2.24. The fourth-order valence-corrected chi connectivity index (χ4v) is 2.25. The van der Waals surface area contributed by atoms with Gasteiger partial charge in [-0.25, -0.2) is 0 Å². The van der Waals surface area contributed by atoms with Crippen molar-refractivity contribution < 1.29 is 14.3 Å². The molecule has 0 aromatic heterocycles. The second-order valence-electron chi connectivity index (χ2n) is 5.12. The standard InChI is InChI=1S/C13H25NO3/c1-5-13(14,6-2)12(15)17-11-7-9(3)16-10(4)8-11/h9-11H,5-8,14H2,1-4H3. The highest BCUT2D eigenvalue weighted by Gasteiger charge is 2.35. The Morgan fingerprint density at radius 3 is 2.18 bits per heavy atom. The van der Waals surface area contributed by atoms with Crippen LogP contribution in [-0.2, 0) is 14.3 Å². The third-order valence-electron chi connectivity index (χ3n) is 3.60. The topological polar surface area (TPSA) is 61.6 Å². The summed E-state index contributed by atoms with van der Waals surface area (Å²) in [5, 5.41) is 0. The van der Waals surface area contributed by atoms with Crippen LogP contribution < -0.4 is 5.73 Å². The Labute approximate surface area is 104 Å². The minimum atomic E-state index is -0.829. The molecule has 1 aliphatic rings. The molecule has 0 spiro atoms. The Hall–Kier alpha value is -0.610. The molecule has 1 heterocycles. The summed E-state index contributed by atoms with van der Waals surface area (Å²) in [6.45, 7) is 7.84. The normalized spacial score (nSPS) is 30.1.